The molecule has 0 saturated heterocycles. The first-order valence-corrected chi connectivity index (χ1v) is 10.9. The first-order chi connectivity index (χ1) is 13.0. The predicted octanol–water partition coefficient (Wildman–Crippen LogP) is -4.95. The Kier molecular flexibility index (Phi) is 9.54. The van der Waals surface area contributed by atoms with E-state index in [0.29, 0.717) is 11.6 Å². The van der Waals surface area contributed by atoms with Crippen molar-refractivity contribution in [3.63, 3.8) is 0 Å². The second kappa shape index (κ2) is 10.6. The molecule has 4 rings (SSSR count). The van der Waals surface area contributed by atoms with E-state index in [1.807, 2.05) is 0 Å². The zero-order valence-electron chi connectivity index (χ0n) is 14.7. The van der Waals surface area contributed by atoms with Crippen molar-refractivity contribution >= 4 is 48.5 Å². The minimum atomic E-state index is -5.54. The number of rotatable bonds is 1. The summed E-state index contributed by atoms with van der Waals surface area (Å²) in [6.45, 7) is 0. The molecule has 2 unspecified atom stereocenters. The van der Waals surface area contributed by atoms with E-state index in [0.717, 1.165) is 22.3 Å². The van der Waals surface area contributed by atoms with Crippen LogP contribution in [0.4, 0.5) is 11.6 Å². The predicted molar refractivity (Wildman–Crippen MR) is 96.6 cm³/mol. The normalized spacial score (nSPS) is 13.9. The molecule has 0 aromatic carbocycles. The molecule has 166 valence electrons. The van der Waals surface area contributed by atoms with Crippen LogP contribution >= 0.6 is 14.6 Å². The van der Waals surface area contributed by atoms with Crippen LogP contribution in [0, 0.1) is 0 Å². The van der Waals surface area contributed by atoms with E-state index in [4.69, 9.17) is 21.3 Å². The second-order valence-electron chi connectivity index (χ2n) is 4.81. The summed E-state index contributed by atoms with van der Waals surface area (Å²) in [5, 5.41) is 0. The van der Waals surface area contributed by atoms with Gasteiger partial charge >= 0.3 is 0 Å². The van der Waals surface area contributed by atoms with Gasteiger partial charge in [-0.15, -0.1) is 0 Å². The van der Waals surface area contributed by atoms with Gasteiger partial charge in [-0.25, -0.2) is 9.97 Å². The van der Waals surface area contributed by atoms with E-state index in [-0.39, 0.29) is 11.0 Å². The molecule has 4 aromatic rings. The lowest BCUT2D eigenvalue weighted by atomic mass is 10.5. The quantitative estimate of drug-likeness (QED) is 0.143. The second-order valence-corrected chi connectivity index (χ2v) is 9.80. The summed E-state index contributed by atoms with van der Waals surface area (Å²) in [7, 11) is -11.1. The molecular weight excluding hydrogens is 450 g/mol. The van der Waals surface area contributed by atoms with E-state index in [1.165, 1.54) is 12.7 Å². The summed E-state index contributed by atoms with van der Waals surface area (Å²) in [6.07, 6.45) is 6.16. The fourth-order valence-electron chi connectivity index (χ4n) is 1.65. The lowest BCUT2D eigenvalue weighted by molar-refractivity contribution is -0.352. The molecular formula is C10H18N10O8P2. The molecule has 0 fully saturated rings. The smallest absolute Gasteiger partial charge is 0.290 e. The van der Waals surface area contributed by atoms with Crippen LogP contribution in [-0.2, 0) is 9.13 Å². The Morgan fingerprint density at radius 3 is 1.40 bits per heavy atom. The minimum absolute atomic E-state index is 0. The molecule has 0 radical (unpaired) electrons. The number of fused-ring (bicyclic) bond motifs is 2. The number of nitrogens with two attached hydrogens (primary N) is 2. The van der Waals surface area contributed by atoms with Gasteiger partial charge in [-0.2, -0.15) is 0 Å². The molecule has 0 bridgehead atoms. The zero-order chi connectivity index (χ0) is 20.9. The van der Waals surface area contributed by atoms with E-state index >= 15 is 0 Å². The molecule has 2 atom stereocenters. The van der Waals surface area contributed by atoms with Crippen LogP contribution in [0.3, 0.4) is 0 Å². The van der Waals surface area contributed by atoms with Crippen molar-refractivity contribution in [2.24, 2.45) is 0 Å². The van der Waals surface area contributed by atoms with Gasteiger partial charge in [-0.05, 0) is 0 Å². The Balaban J connectivity index is 0.000000411. The van der Waals surface area contributed by atoms with E-state index < -0.39 is 14.6 Å². The van der Waals surface area contributed by atoms with Crippen LogP contribution in [0.2, 0.25) is 0 Å². The molecule has 0 amide bonds. The Morgan fingerprint density at radius 2 is 1.13 bits per heavy atom. The van der Waals surface area contributed by atoms with Crippen molar-refractivity contribution in [1.29, 1.82) is 0 Å². The van der Waals surface area contributed by atoms with Crippen LogP contribution < -0.4 is 31.2 Å². The van der Waals surface area contributed by atoms with Crippen LogP contribution in [0.25, 0.3) is 22.3 Å². The molecule has 30 heavy (non-hydrogen) atoms. The van der Waals surface area contributed by atoms with Gasteiger partial charge in [-0.3, -0.25) is 0 Å². The lowest BCUT2D eigenvalue weighted by Crippen LogP contribution is -2.08. The van der Waals surface area contributed by atoms with Crippen LogP contribution in [0.5, 0.6) is 0 Å². The van der Waals surface area contributed by atoms with Crippen LogP contribution in [0.15, 0.2) is 25.3 Å². The summed E-state index contributed by atoms with van der Waals surface area (Å²) in [6, 6.07) is 0. The molecule has 18 nitrogen and oxygen atoms in total. The number of hydrogen-bond acceptors (Lipinski definition) is 10. The Labute approximate surface area is 165 Å². The third-order valence-corrected chi connectivity index (χ3v) is 5.48. The number of H-pyrrole nitrogens is 4. The van der Waals surface area contributed by atoms with Crippen molar-refractivity contribution in [3.8, 4) is 0 Å². The van der Waals surface area contributed by atoms with Gasteiger partial charge in [0.2, 0.25) is 38.9 Å². The number of anilines is 2. The highest BCUT2D eigenvalue weighted by atomic mass is 32.1. The number of aromatic nitrogens is 8. The fourth-order valence-corrected chi connectivity index (χ4v) is 1.65. The summed E-state index contributed by atoms with van der Waals surface area (Å²) in [5.41, 5.74) is 14.0. The highest BCUT2D eigenvalue weighted by Crippen LogP contribution is 2.65. The maximum Gasteiger partial charge on any atom is 0.290 e. The average molecular weight is 468 g/mol. The van der Waals surface area contributed by atoms with E-state index in [9.17, 15) is 18.9 Å². The van der Waals surface area contributed by atoms with Gasteiger partial charge in [0.15, 0.2) is 23.7 Å². The molecule has 4 heterocycles. The van der Waals surface area contributed by atoms with E-state index in [2.05, 4.69) is 39.9 Å². The standard InChI is InChI=1S/2C5H5N5.H4O6P2.2H2O/c2*6-4-3-5(9-1-7-3)10-2-8-4;1-7(2,3)8(4,5)6;;/h2*1-2H,(H3,6,7,8,9,10);(H2,1,2,3)(H2,4,5,6);2*1H2. The summed E-state index contributed by atoms with van der Waals surface area (Å²) < 4.78 is 18.8. The van der Waals surface area contributed by atoms with Gasteiger partial charge in [0, 0.05) is 0 Å². The van der Waals surface area contributed by atoms with Gasteiger partial charge in [0.25, 0.3) is 11.3 Å². The lowest BCUT2D eigenvalue weighted by Gasteiger charge is -2.25. The first kappa shape index (κ1) is 26.9. The monoisotopic (exact) mass is 468 g/mol. The number of nitrogen functional groups attached to an aromatic ring is 2. The molecule has 14 N–H and O–H groups in total. The maximum absolute atomic E-state index is 9.41. The molecule has 0 aliphatic rings. The van der Waals surface area contributed by atoms with Gasteiger partial charge < -0.3 is 61.1 Å². The molecule has 0 aliphatic carbocycles. The molecule has 4 aromatic heterocycles. The van der Waals surface area contributed by atoms with Gasteiger partial charge in [0.1, 0.15) is 0 Å². The van der Waals surface area contributed by atoms with Crippen LogP contribution in [0.1, 0.15) is 0 Å². The summed E-state index contributed by atoms with van der Waals surface area (Å²) >= 11 is 0. The minimum Gasteiger partial charge on any atom is -0.772 e. The molecule has 0 saturated carbocycles. The number of aromatic amines is 4. The molecule has 20 heteroatoms. The van der Waals surface area contributed by atoms with Crippen molar-refractivity contribution in [1.82, 2.24) is 29.9 Å². The number of nitrogens with one attached hydrogen (secondary N) is 4. The first-order valence-electron chi connectivity index (χ1n) is 6.99. The number of nitrogens with zero attached hydrogens (tertiary/aromatic N) is 4. The number of imidazole rings is 2. The maximum atomic E-state index is 9.41. The Bertz CT molecular complexity index is 1080. The molecule has 0 aliphatic heterocycles. The van der Waals surface area contributed by atoms with Crippen molar-refractivity contribution in [3.05, 3.63) is 25.3 Å². The van der Waals surface area contributed by atoms with Crippen molar-refractivity contribution in [2.45, 2.75) is 0 Å². The third-order valence-electron chi connectivity index (χ3n) is 2.92. The number of hydrogen-bond donors (Lipinski definition) is 6. The highest BCUT2D eigenvalue weighted by molar-refractivity contribution is 8.24. The highest BCUT2D eigenvalue weighted by Gasteiger charge is 2.15. The van der Waals surface area contributed by atoms with Crippen LogP contribution in [-0.4, -0.2) is 50.6 Å². The van der Waals surface area contributed by atoms with Crippen molar-refractivity contribution in [2.75, 3.05) is 11.5 Å². The Morgan fingerprint density at radius 1 is 0.800 bits per heavy atom. The van der Waals surface area contributed by atoms with Crippen molar-refractivity contribution < 1.29 is 49.6 Å². The van der Waals surface area contributed by atoms with E-state index in [1.54, 1.807) is 12.7 Å². The topological polar surface area (TPSA) is 347 Å². The van der Waals surface area contributed by atoms with Gasteiger partial charge in [-0.1, -0.05) is 19.9 Å². The largest absolute Gasteiger partial charge is 0.772 e. The SMILES string of the molecule is Nc1nc[nH+]c2nc[nH]c12.Nc1nc[nH+]c2nc[nH]c12.O.O.O=P([O-])(O)P(=O)([O-])O. The van der Waals surface area contributed by atoms with Gasteiger partial charge in [0.05, 0.1) is 0 Å². The Hall–Kier alpha value is -3.08. The average Bonchev–Trinajstić information content (AvgIpc) is 3.24. The summed E-state index contributed by atoms with van der Waals surface area (Å²) in [4.78, 5) is 60.8. The zero-order valence-corrected chi connectivity index (χ0v) is 16.5. The summed E-state index contributed by atoms with van der Waals surface area (Å²) in [5.74, 6) is 0.928. The molecule has 0 spiro atoms. The third kappa shape index (κ3) is 6.76. The fraction of sp³-hybridized carbons (Fsp3) is 0.